The van der Waals surface area contributed by atoms with E-state index in [4.69, 9.17) is 10.6 Å². The fourth-order valence-corrected chi connectivity index (χ4v) is 3.23. The average molecular weight is 421 g/mol. The van der Waals surface area contributed by atoms with Crippen LogP contribution in [-0.4, -0.2) is 63.1 Å². The van der Waals surface area contributed by atoms with E-state index < -0.39 is 0 Å². The molecule has 0 spiro atoms. The number of aromatic nitrogens is 3. The molecule has 29 heavy (non-hydrogen) atoms. The van der Waals surface area contributed by atoms with Crippen LogP contribution in [0.1, 0.15) is 27.7 Å². The lowest BCUT2D eigenvalue weighted by Gasteiger charge is -2.23. The number of carbonyl (C=O) groups is 2. The molecule has 1 heterocycles. The Kier molecular flexibility index (Phi) is 7.49. The normalized spacial score (nSPS) is 11.2. The fourth-order valence-electron chi connectivity index (χ4n) is 2.44. The van der Waals surface area contributed by atoms with Gasteiger partial charge in [-0.15, -0.1) is 10.2 Å². The fraction of sp³-hybridized carbons (Fsp3) is 0.474. The van der Waals surface area contributed by atoms with E-state index >= 15 is 0 Å². The molecule has 9 nitrogen and oxygen atoms in total. The number of rotatable bonds is 8. The Bertz CT molecular complexity index is 845. The predicted molar refractivity (Wildman–Crippen MR) is 113 cm³/mol. The van der Waals surface area contributed by atoms with E-state index in [1.54, 1.807) is 7.05 Å². The summed E-state index contributed by atoms with van der Waals surface area (Å²) in [4.78, 5) is 25.7. The van der Waals surface area contributed by atoms with Crippen molar-refractivity contribution < 1.29 is 14.3 Å². The zero-order chi connectivity index (χ0) is 21.6. The average Bonchev–Trinajstić information content (AvgIpc) is 2.99. The zero-order valence-corrected chi connectivity index (χ0v) is 18.2. The van der Waals surface area contributed by atoms with Crippen LogP contribution < -0.4 is 15.9 Å². The van der Waals surface area contributed by atoms with Gasteiger partial charge in [0.15, 0.2) is 5.82 Å². The second kappa shape index (κ2) is 9.64. The Balaban J connectivity index is 1.94. The summed E-state index contributed by atoms with van der Waals surface area (Å²) >= 11 is 1.17. The largest absolute Gasteiger partial charge is 0.494 e. The van der Waals surface area contributed by atoms with Crippen molar-refractivity contribution >= 4 is 23.6 Å². The number of ether oxygens (including phenoxy) is 1. The Labute approximate surface area is 175 Å². The molecule has 0 radical (unpaired) electrons. The molecule has 158 valence electrons. The van der Waals surface area contributed by atoms with Crippen molar-refractivity contribution in [3.8, 4) is 17.1 Å². The van der Waals surface area contributed by atoms with E-state index in [0.717, 1.165) is 11.3 Å². The van der Waals surface area contributed by atoms with Gasteiger partial charge in [-0.05, 0) is 52.0 Å². The molecule has 10 heteroatoms. The van der Waals surface area contributed by atoms with Crippen molar-refractivity contribution in [1.82, 2.24) is 25.1 Å². The molecule has 0 bridgehead atoms. The minimum atomic E-state index is -0.344. The summed E-state index contributed by atoms with van der Waals surface area (Å²) in [5.74, 6) is 7.03. The molecule has 0 saturated carbocycles. The summed E-state index contributed by atoms with van der Waals surface area (Å²) in [6.07, 6.45) is 0. The molecule has 0 aliphatic rings. The molecule has 0 saturated heterocycles. The third kappa shape index (κ3) is 6.67. The van der Waals surface area contributed by atoms with Crippen LogP contribution in [0.4, 0.5) is 0 Å². The van der Waals surface area contributed by atoms with Gasteiger partial charge in [0.25, 0.3) is 0 Å². The summed E-state index contributed by atoms with van der Waals surface area (Å²) in [6, 6.07) is 7.36. The van der Waals surface area contributed by atoms with E-state index in [2.05, 4.69) is 15.5 Å². The van der Waals surface area contributed by atoms with Gasteiger partial charge in [0, 0.05) is 18.2 Å². The maximum Gasteiger partial charge on any atom is 0.240 e. The number of carbonyl (C=O) groups excluding carboxylic acids is 2. The van der Waals surface area contributed by atoms with Crippen LogP contribution in [0.5, 0.6) is 5.75 Å². The molecule has 3 N–H and O–H groups in total. The number of nitrogens with two attached hydrogens (primary N) is 1. The second-order valence-corrected chi connectivity index (χ2v) is 8.41. The monoisotopic (exact) mass is 420 g/mol. The van der Waals surface area contributed by atoms with E-state index in [0.29, 0.717) is 17.6 Å². The standard InChI is InChI=1S/C19H28N6O3S/c1-6-28-14-9-7-13(8-10-14)17-22-23-18(25(17)20)29-12-16(27)24(5)11-15(26)21-19(2,3)4/h7-10H,6,11-12,20H2,1-5H3,(H,21,26). The molecule has 2 rings (SSSR count). The van der Waals surface area contributed by atoms with Crippen molar-refractivity contribution in [3.05, 3.63) is 24.3 Å². The molecular formula is C19H28N6O3S. The lowest BCUT2D eigenvalue weighted by molar-refractivity contribution is -0.133. The van der Waals surface area contributed by atoms with Crippen LogP contribution >= 0.6 is 11.8 Å². The van der Waals surface area contributed by atoms with E-state index in [-0.39, 0.29) is 29.7 Å². The van der Waals surface area contributed by atoms with E-state index in [1.807, 2.05) is 52.0 Å². The molecule has 2 aromatic rings. The van der Waals surface area contributed by atoms with Gasteiger partial charge in [-0.1, -0.05) is 11.8 Å². The Hall–Kier alpha value is -2.75. The maximum atomic E-state index is 12.3. The molecule has 0 atom stereocenters. The van der Waals surface area contributed by atoms with Crippen molar-refractivity contribution in [2.24, 2.45) is 0 Å². The predicted octanol–water partition coefficient (Wildman–Crippen LogP) is 1.52. The highest BCUT2D eigenvalue weighted by molar-refractivity contribution is 7.99. The summed E-state index contributed by atoms with van der Waals surface area (Å²) < 4.78 is 6.77. The first-order valence-electron chi connectivity index (χ1n) is 9.22. The molecule has 2 amide bonds. The van der Waals surface area contributed by atoms with Gasteiger partial charge in [0.05, 0.1) is 18.9 Å². The number of likely N-dealkylation sites (N-methyl/N-ethyl adjacent to an activating group) is 1. The van der Waals surface area contributed by atoms with Gasteiger partial charge < -0.3 is 20.8 Å². The highest BCUT2D eigenvalue weighted by Gasteiger charge is 2.19. The maximum absolute atomic E-state index is 12.3. The van der Waals surface area contributed by atoms with Gasteiger partial charge >= 0.3 is 0 Å². The number of nitrogens with one attached hydrogen (secondary N) is 1. The van der Waals surface area contributed by atoms with Gasteiger partial charge in [0.1, 0.15) is 5.75 Å². The quantitative estimate of drug-likeness (QED) is 0.491. The zero-order valence-electron chi connectivity index (χ0n) is 17.4. The molecule has 1 aromatic heterocycles. The van der Waals surface area contributed by atoms with Gasteiger partial charge in [-0.2, -0.15) is 0 Å². The number of benzene rings is 1. The van der Waals surface area contributed by atoms with Crippen molar-refractivity contribution in [2.45, 2.75) is 38.4 Å². The van der Waals surface area contributed by atoms with Gasteiger partial charge in [0.2, 0.25) is 17.0 Å². The molecular weight excluding hydrogens is 392 g/mol. The van der Waals surface area contributed by atoms with E-state index in [1.165, 1.54) is 21.3 Å². The van der Waals surface area contributed by atoms with Crippen molar-refractivity contribution in [2.75, 3.05) is 31.8 Å². The summed E-state index contributed by atoms with van der Waals surface area (Å²) in [5, 5.41) is 11.4. The highest BCUT2D eigenvalue weighted by atomic mass is 32.2. The molecule has 1 aromatic carbocycles. The number of hydrogen-bond acceptors (Lipinski definition) is 7. The first-order chi connectivity index (χ1) is 13.6. The number of hydrogen-bond donors (Lipinski definition) is 2. The Morgan fingerprint density at radius 3 is 2.48 bits per heavy atom. The molecule has 0 aliphatic carbocycles. The number of thioether (sulfide) groups is 1. The summed E-state index contributed by atoms with van der Waals surface area (Å²) in [5.41, 5.74) is 0.445. The van der Waals surface area contributed by atoms with Crippen LogP contribution in [0.3, 0.4) is 0 Å². The van der Waals surface area contributed by atoms with E-state index in [9.17, 15) is 9.59 Å². The number of amides is 2. The highest BCUT2D eigenvalue weighted by Crippen LogP contribution is 2.23. The van der Waals surface area contributed by atoms with Crippen molar-refractivity contribution in [3.63, 3.8) is 0 Å². The minimum Gasteiger partial charge on any atom is -0.494 e. The third-order valence-electron chi connectivity index (χ3n) is 3.73. The van der Waals surface area contributed by atoms with Crippen molar-refractivity contribution in [1.29, 1.82) is 0 Å². The molecule has 0 aliphatic heterocycles. The van der Waals surface area contributed by atoms with Crippen LogP contribution in [0.2, 0.25) is 0 Å². The lowest BCUT2D eigenvalue weighted by Crippen LogP contribution is -2.46. The first-order valence-corrected chi connectivity index (χ1v) is 10.2. The summed E-state index contributed by atoms with van der Waals surface area (Å²) in [7, 11) is 1.59. The van der Waals surface area contributed by atoms with Gasteiger partial charge in [-0.25, -0.2) is 4.68 Å². The Morgan fingerprint density at radius 1 is 1.24 bits per heavy atom. The van der Waals surface area contributed by atoms with Crippen LogP contribution in [0, 0.1) is 0 Å². The smallest absolute Gasteiger partial charge is 0.240 e. The molecule has 0 fully saturated rings. The SMILES string of the molecule is CCOc1ccc(-c2nnc(SCC(=O)N(C)CC(=O)NC(C)(C)C)n2N)cc1. The van der Waals surface area contributed by atoms with Gasteiger partial charge in [-0.3, -0.25) is 9.59 Å². The number of nitrogens with zero attached hydrogens (tertiary/aromatic N) is 4. The third-order valence-corrected chi connectivity index (χ3v) is 4.66. The van der Waals surface area contributed by atoms with Crippen LogP contribution in [0.25, 0.3) is 11.4 Å². The number of nitrogen functional groups attached to an aromatic ring is 1. The second-order valence-electron chi connectivity index (χ2n) is 7.47. The lowest BCUT2D eigenvalue weighted by atomic mass is 10.1. The molecule has 0 unspecified atom stereocenters. The Morgan fingerprint density at radius 2 is 1.90 bits per heavy atom. The van der Waals surface area contributed by atoms with Crippen LogP contribution in [0.15, 0.2) is 29.4 Å². The summed E-state index contributed by atoms with van der Waals surface area (Å²) in [6.45, 7) is 8.16. The topological polar surface area (TPSA) is 115 Å². The minimum absolute atomic E-state index is 0.0105. The first kappa shape index (κ1) is 22.5. The van der Waals surface area contributed by atoms with Crippen LogP contribution in [-0.2, 0) is 9.59 Å².